The minimum atomic E-state index is -0.303. The number of ether oxygens (including phenoxy) is 1. The van der Waals surface area contributed by atoms with Crippen LogP contribution in [0.4, 0.5) is 0 Å². The normalized spacial score (nSPS) is 35.3. The minimum absolute atomic E-state index is 0.167. The molecule has 0 bridgehead atoms. The zero-order valence-corrected chi connectivity index (χ0v) is 12.1. The van der Waals surface area contributed by atoms with E-state index in [-0.39, 0.29) is 11.3 Å². The smallest absolute Gasteiger partial charge is 0.227 e. The Balaban J connectivity index is 1.76. The number of amides is 1. The van der Waals surface area contributed by atoms with Crippen LogP contribution in [0, 0.1) is 11.3 Å². The van der Waals surface area contributed by atoms with E-state index in [4.69, 9.17) is 10.5 Å². The molecule has 1 aliphatic heterocycles. The van der Waals surface area contributed by atoms with Crippen LogP contribution in [0.1, 0.15) is 51.9 Å². The second-order valence-corrected chi connectivity index (χ2v) is 6.35. The maximum atomic E-state index is 12.4. The summed E-state index contributed by atoms with van der Waals surface area (Å²) in [6, 6.07) is 0. The molecule has 19 heavy (non-hydrogen) atoms. The molecule has 1 amide bonds. The van der Waals surface area contributed by atoms with E-state index in [9.17, 15) is 4.79 Å². The van der Waals surface area contributed by atoms with Crippen LogP contribution in [-0.4, -0.2) is 31.7 Å². The van der Waals surface area contributed by atoms with Gasteiger partial charge in [0.25, 0.3) is 0 Å². The van der Waals surface area contributed by atoms with E-state index in [1.807, 2.05) is 0 Å². The lowest BCUT2D eigenvalue weighted by Gasteiger charge is -2.37. The molecule has 1 heterocycles. The van der Waals surface area contributed by atoms with Gasteiger partial charge in [0.15, 0.2) is 0 Å². The molecule has 2 aliphatic rings. The van der Waals surface area contributed by atoms with Crippen LogP contribution in [0.5, 0.6) is 0 Å². The number of rotatable bonds is 5. The fourth-order valence-corrected chi connectivity index (χ4v) is 3.24. The highest BCUT2D eigenvalue weighted by Crippen LogP contribution is 2.38. The van der Waals surface area contributed by atoms with E-state index in [1.165, 1.54) is 0 Å². The van der Waals surface area contributed by atoms with Crippen molar-refractivity contribution in [2.45, 2.75) is 58.0 Å². The molecule has 0 spiro atoms. The lowest BCUT2D eigenvalue weighted by atomic mass is 9.70. The van der Waals surface area contributed by atoms with E-state index in [2.05, 4.69) is 12.2 Å². The van der Waals surface area contributed by atoms with Gasteiger partial charge in [-0.25, -0.2) is 0 Å². The Morgan fingerprint density at radius 2 is 2.11 bits per heavy atom. The number of carbonyl (C=O) groups is 1. The molecule has 1 atom stereocenters. The largest absolute Gasteiger partial charge is 0.378 e. The summed E-state index contributed by atoms with van der Waals surface area (Å²) in [5.74, 6) is 0.902. The van der Waals surface area contributed by atoms with Crippen LogP contribution < -0.4 is 11.1 Å². The SMILES string of the molecule is CC1CCC(CN)(C(=O)NCCC2CCCO2)CC1. The Kier molecular flexibility index (Phi) is 5.22. The Hall–Kier alpha value is -0.610. The zero-order chi connectivity index (χ0) is 13.7. The fourth-order valence-electron chi connectivity index (χ4n) is 3.24. The molecule has 3 N–H and O–H groups in total. The highest BCUT2D eigenvalue weighted by Gasteiger charge is 2.39. The molecule has 1 aliphatic carbocycles. The number of hydrogen-bond donors (Lipinski definition) is 2. The molecule has 0 aromatic heterocycles. The summed E-state index contributed by atoms with van der Waals surface area (Å²) >= 11 is 0. The van der Waals surface area contributed by atoms with Gasteiger partial charge in [0.2, 0.25) is 5.91 Å². The van der Waals surface area contributed by atoms with Crippen LogP contribution in [0.3, 0.4) is 0 Å². The van der Waals surface area contributed by atoms with Gasteiger partial charge in [0.05, 0.1) is 11.5 Å². The summed E-state index contributed by atoms with van der Waals surface area (Å²) in [7, 11) is 0. The third kappa shape index (κ3) is 3.69. The first-order valence-corrected chi connectivity index (χ1v) is 7.76. The summed E-state index contributed by atoms with van der Waals surface area (Å²) in [5, 5.41) is 3.09. The molecule has 4 nitrogen and oxygen atoms in total. The van der Waals surface area contributed by atoms with Crippen molar-refractivity contribution in [3.05, 3.63) is 0 Å². The Morgan fingerprint density at radius 1 is 1.37 bits per heavy atom. The van der Waals surface area contributed by atoms with Crippen LogP contribution >= 0.6 is 0 Å². The minimum Gasteiger partial charge on any atom is -0.378 e. The lowest BCUT2D eigenvalue weighted by Crippen LogP contribution is -2.48. The van der Waals surface area contributed by atoms with E-state index in [0.29, 0.717) is 12.6 Å². The lowest BCUT2D eigenvalue weighted by molar-refractivity contribution is -0.132. The number of hydrogen-bond acceptors (Lipinski definition) is 3. The Bertz CT molecular complexity index is 293. The molecule has 1 saturated heterocycles. The predicted octanol–water partition coefficient (Wildman–Crippen LogP) is 1.83. The first-order valence-electron chi connectivity index (χ1n) is 7.76. The van der Waals surface area contributed by atoms with Crippen LogP contribution in [-0.2, 0) is 9.53 Å². The van der Waals surface area contributed by atoms with Crippen molar-refractivity contribution >= 4 is 5.91 Å². The monoisotopic (exact) mass is 268 g/mol. The van der Waals surface area contributed by atoms with E-state index in [0.717, 1.165) is 64.0 Å². The van der Waals surface area contributed by atoms with Gasteiger partial charge in [-0.2, -0.15) is 0 Å². The van der Waals surface area contributed by atoms with Gasteiger partial charge in [-0.15, -0.1) is 0 Å². The molecule has 1 unspecified atom stereocenters. The highest BCUT2D eigenvalue weighted by molar-refractivity contribution is 5.83. The zero-order valence-electron chi connectivity index (χ0n) is 12.1. The van der Waals surface area contributed by atoms with Gasteiger partial charge < -0.3 is 15.8 Å². The summed E-state index contributed by atoms with van der Waals surface area (Å²) in [4.78, 5) is 12.4. The standard InChI is InChI=1S/C15H28N2O2/c1-12-4-7-15(11-16,8-5-12)14(18)17-9-6-13-3-2-10-19-13/h12-13H,2-11,16H2,1H3,(H,17,18). The first kappa shape index (κ1) is 14.8. The molecule has 0 aromatic carbocycles. The first-order chi connectivity index (χ1) is 9.16. The molecule has 1 saturated carbocycles. The quantitative estimate of drug-likeness (QED) is 0.799. The maximum Gasteiger partial charge on any atom is 0.227 e. The van der Waals surface area contributed by atoms with Crippen LogP contribution in [0.2, 0.25) is 0 Å². The van der Waals surface area contributed by atoms with E-state index in [1.54, 1.807) is 0 Å². The molecule has 2 rings (SSSR count). The highest BCUT2D eigenvalue weighted by atomic mass is 16.5. The van der Waals surface area contributed by atoms with Gasteiger partial charge in [-0.3, -0.25) is 4.79 Å². The van der Waals surface area contributed by atoms with Crippen molar-refractivity contribution in [3.63, 3.8) is 0 Å². The number of nitrogens with two attached hydrogens (primary N) is 1. The molecular weight excluding hydrogens is 240 g/mol. The van der Waals surface area contributed by atoms with Crippen molar-refractivity contribution in [2.24, 2.45) is 17.1 Å². The molecule has 110 valence electrons. The van der Waals surface area contributed by atoms with Crippen LogP contribution in [0.15, 0.2) is 0 Å². The molecular formula is C15H28N2O2. The van der Waals surface area contributed by atoms with Crippen molar-refractivity contribution in [1.82, 2.24) is 5.32 Å². The summed E-state index contributed by atoms with van der Waals surface area (Å²) < 4.78 is 5.57. The summed E-state index contributed by atoms with van der Waals surface area (Å²) in [6.07, 6.45) is 7.70. The third-order valence-corrected chi connectivity index (χ3v) is 4.88. The predicted molar refractivity (Wildman–Crippen MR) is 75.7 cm³/mol. The Labute approximate surface area is 116 Å². The second kappa shape index (κ2) is 6.71. The summed E-state index contributed by atoms with van der Waals surface area (Å²) in [6.45, 7) is 4.34. The fraction of sp³-hybridized carbons (Fsp3) is 0.933. The van der Waals surface area contributed by atoms with Crippen molar-refractivity contribution in [2.75, 3.05) is 19.7 Å². The number of carbonyl (C=O) groups excluding carboxylic acids is 1. The van der Waals surface area contributed by atoms with Gasteiger partial charge in [0.1, 0.15) is 0 Å². The topological polar surface area (TPSA) is 64.4 Å². The van der Waals surface area contributed by atoms with Gasteiger partial charge >= 0.3 is 0 Å². The second-order valence-electron chi connectivity index (χ2n) is 6.35. The number of nitrogens with one attached hydrogen (secondary N) is 1. The Morgan fingerprint density at radius 3 is 2.68 bits per heavy atom. The molecule has 4 heteroatoms. The van der Waals surface area contributed by atoms with Gasteiger partial charge in [-0.05, 0) is 50.9 Å². The maximum absolute atomic E-state index is 12.4. The van der Waals surface area contributed by atoms with E-state index >= 15 is 0 Å². The third-order valence-electron chi connectivity index (χ3n) is 4.88. The average molecular weight is 268 g/mol. The van der Waals surface area contributed by atoms with E-state index < -0.39 is 0 Å². The molecule has 0 radical (unpaired) electrons. The van der Waals surface area contributed by atoms with Gasteiger partial charge in [-0.1, -0.05) is 6.92 Å². The van der Waals surface area contributed by atoms with Crippen LogP contribution in [0.25, 0.3) is 0 Å². The average Bonchev–Trinajstić information content (AvgIpc) is 2.93. The van der Waals surface area contributed by atoms with Crippen molar-refractivity contribution in [1.29, 1.82) is 0 Å². The summed E-state index contributed by atoms with van der Waals surface area (Å²) in [5.41, 5.74) is 5.59. The van der Waals surface area contributed by atoms with Gasteiger partial charge in [0, 0.05) is 19.7 Å². The molecule has 0 aromatic rings. The molecule has 2 fully saturated rings. The van der Waals surface area contributed by atoms with Crippen molar-refractivity contribution < 1.29 is 9.53 Å². The van der Waals surface area contributed by atoms with Crippen molar-refractivity contribution in [3.8, 4) is 0 Å².